The summed E-state index contributed by atoms with van der Waals surface area (Å²) in [4.78, 5) is 22.5. The third-order valence-electron chi connectivity index (χ3n) is 3.53. The summed E-state index contributed by atoms with van der Waals surface area (Å²) in [5.41, 5.74) is 2.42. The highest BCUT2D eigenvalue weighted by atomic mass is 35.5. The zero-order valence-corrected chi connectivity index (χ0v) is 15.4. The van der Waals surface area contributed by atoms with Gasteiger partial charge in [-0.3, -0.25) is 14.9 Å². The van der Waals surface area contributed by atoms with Crippen molar-refractivity contribution >= 4 is 40.5 Å². The van der Waals surface area contributed by atoms with Crippen molar-refractivity contribution in [2.45, 2.75) is 20.8 Å². The second kappa shape index (κ2) is 7.72. The fourth-order valence-electron chi connectivity index (χ4n) is 2.43. The van der Waals surface area contributed by atoms with Crippen LogP contribution in [0.1, 0.15) is 16.7 Å². The Labute approximate surface area is 154 Å². The first-order valence-corrected chi connectivity index (χ1v) is 8.08. The number of amides is 1. The van der Waals surface area contributed by atoms with Crippen molar-refractivity contribution in [3.05, 3.63) is 61.1 Å². The van der Waals surface area contributed by atoms with Crippen molar-refractivity contribution in [1.82, 2.24) is 0 Å². The molecule has 0 aliphatic carbocycles. The van der Waals surface area contributed by atoms with Crippen LogP contribution in [-0.2, 0) is 4.79 Å². The van der Waals surface area contributed by atoms with Crippen LogP contribution in [-0.4, -0.2) is 17.4 Å². The molecule has 0 bridgehead atoms. The van der Waals surface area contributed by atoms with E-state index in [1.807, 2.05) is 0 Å². The van der Waals surface area contributed by atoms with Gasteiger partial charge in [0.05, 0.1) is 9.95 Å². The fraction of sp³-hybridized carbons (Fsp3) is 0.235. The number of hydrogen-bond donors (Lipinski definition) is 1. The highest BCUT2D eigenvalue weighted by molar-refractivity contribution is 6.35. The molecule has 0 unspecified atom stereocenters. The zero-order chi connectivity index (χ0) is 18.7. The summed E-state index contributed by atoms with van der Waals surface area (Å²) in [6.45, 7) is 4.90. The third kappa shape index (κ3) is 4.61. The molecule has 25 heavy (non-hydrogen) atoms. The largest absolute Gasteiger partial charge is 0.482 e. The maximum atomic E-state index is 12.2. The van der Waals surface area contributed by atoms with E-state index in [0.29, 0.717) is 38.2 Å². The van der Waals surface area contributed by atoms with Crippen LogP contribution in [0.3, 0.4) is 0 Å². The van der Waals surface area contributed by atoms with E-state index >= 15 is 0 Å². The van der Waals surface area contributed by atoms with E-state index in [4.69, 9.17) is 27.9 Å². The first-order chi connectivity index (χ1) is 11.7. The summed E-state index contributed by atoms with van der Waals surface area (Å²) in [6, 6.07) is 6.03. The van der Waals surface area contributed by atoms with Gasteiger partial charge in [-0.2, -0.15) is 0 Å². The Bertz CT molecular complexity index is 807. The number of halogens is 2. The molecule has 1 N–H and O–H groups in total. The lowest BCUT2D eigenvalue weighted by molar-refractivity contribution is -0.384. The molecular weight excluding hydrogens is 367 g/mol. The van der Waals surface area contributed by atoms with Crippen molar-refractivity contribution in [2.24, 2.45) is 0 Å². The second-order valence-corrected chi connectivity index (χ2v) is 6.43. The van der Waals surface area contributed by atoms with Crippen LogP contribution in [0.25, 0.3) is 0 Å². The molecule has 0 aliphatic heterocycles. The number of aryl methyl sites for hydroxylation is 3. The monoisotopic (exact) mass is 382 g/mol. The Balaban J connectivity index is 2.10. The van der Waals surface area contributed by atoms with E-state index in [2.05, 4.69) is 5.32 Å². The zero-order valence-electron chi connectivity index (χ0n) is 13.9. The first-order valence-electron chi connectivity index (χ1n) is 7.33. The molecule has 6 nitrogen and oxygen atoms in total. The Morgan fingerprint density at radius 1 is 1.12 bits per heavy atom. The predicted octanol–water partition coefficient (Wildman–Crippen LogP) is 4.84. The maximum absolute atomic E-state index is 12.2. The topological polar surface area (TPSA) is 81.5 Å². The number of benzene rings is 2. The fourth-order valence-corrected chi connectivity index (χ4v) is 3.08. The van der Waals surface area contributed by atoms with Gasteiger partial charge in [0.1, 0.15) is 5.75 Å². The summed E-state index contributed by atoms with van der Waals surface area (Å²) in [5, 5.41) is 14.4. The van der Waals surface area contributed by atoms with Gasteiger partial charge in [-0.1, -0.05) is 23.2 Å². The minimum atomic E-state index is -0.472. The maximum Gasteiger partial charge on any atom is 0.270 e. The molecule has 0 aliphatic rings. The van der Waals surface area contributed by atoms with Crippen molar-refractivity contribution < 1.29 is 14.5 Å². The predicted molar refractivity (Wildman–Crippen MR) is 97.9 cm³/mol. The number of hydrogen-bond acceptors (Lipinski definition) is 4. The SMILES string of the molecule is Cc1cc([N+](=O)[O-])cc(C)c1NC(=O)COc1c(C)cc(Cl)cc1Cl. The molecule has 0 atom stereocenters. The minimum absolute atomic E-state index is 0.0205. The van der Waals surface area contributed by atoms with Crippen molar-refractivity contribution in [3.63, 3.8) is 0 Å². The van der Waals surface area contributed by atoms with Gasteiger partial charge in [-0.15, -0.1) is 0 Å². The summed E-state index contributed by atoms with van der Waals surface area (Å²) in [6.07, 6.45) is 0. The quantitative estimate of drug-likeness (QED) is 0.592. The first kappa shape index (κ1) is 19.0. The summed E-state index contributed by atoms with van der Waals surface area (Å²) >= 11 is 12.0. The number of nitrogens with one attached hydrogen (secondary N) is 1. The Hall–Kier alpha value is -2.31. The van der Waals surface area contributed by atoms with Crippen LogP contribution in [0.2, 0.25) is 10.0 Å². The highest BCUT2D eigenvalue weighted by Gasteiger charge is 2.15. The van der Waals surface area contributed by atoms with Gasteiger partial charge >= 0.3 is 0 Å². The molecule has 0 saturated heterocycles. The Morgan fingerprint density at radius 2 is 1.72 bits per heavy atom. The Morgan fingerprint density at radius 3 is 2.24 bits per heavy atom. The molecule has 0 saturated carbocycles. The standard InChI is InChI=1S/C17H16Cl2N2O4/c1-9-5-13(21(23)24)6-10(2)16(9)20-15(22)8-25-17-11(3)4-12(18)7-14(17)19/h4-7H,8H2,1-3H3,(H,20,22). The van der Waals surface area contributed by atoms with E-state index < -0.39 is 10.8 Å². The molecule has 0 radical (unpaired) electrons. The van der Waals surface area contributed by atoms with Crippen molar-refractivity contribution in [1.29, 1.82) is 0 Å². The molecule has 2 rings (SSSR count). The normalized spacial score (nSPS) is 10.4. The lowest BCUT2D eigenvalue weighted by atomic mass is 10.1. The molecule has 1 amide bonds. The second-order valence-electron chi connectivity index (χ2n) is 5.58. The number of rotatable bonds is 5. The van der Waals surface area contributed by atoms with Gasteiger partial charge in [-0.25, -0.2) is 0 Å². The molecule has 0 spiro atoms. The third-order valence-corrected chi connectivity index (χ3v) is 4.03. The number of carbonyl (C=O) groups is 1. The van der Waals surface area contributed by atoms with Crippen LogP contribution >= 0.6 is 23.2 Å². The average molecular weight is 383 g/mol. The lowest BCUT2D eigenvalue weighted by Crippen LogP contribution is -2.21. The molecule has 2 aromatic rings. The molecule has 0 aromatic heterocycles. The Kier molecular flexibility index (Phi) is 5.87. The number of nitrogens with zero attached hydrogens (tertiary/aromatic N) is 1. The van der Waals surface area contributed by atoms with Gasteiger partial charge in [0, 0.05) is 22.8 Å². The van der Waals surface area contributed by atoms with Gasteiger partial charge in [0.15, 0.2) is 6.61 Å². The molecule has 0 fully saturated rings. The van der Waals surface area contributed by atoms with Gasteiger partial charge in [-0.05, 0) is 49.6 Å². The van der Waals surface area contributed by atoms with E-state index in [1.54, 1.807) is 26.8 Å². The molecule has 132 valence electrons. The van der Waals surface area contributed by atoms with Gasteiger partial charge in [0.2, 0.25) is 0 Å². The average Bonchev–Trinajstić information content (AvgIpc) is 2.49. The lowest BCUT2D eigenvalue weighted by Gasteiger charge is -2.14. The number of nitro benzene ring substituents is 1. The summed E-state index contributed by atoms with van der Waals surface area (Å²) in [7, 11) is 0. The number of ether oxygens (including phenoxy) is 1. The molecule has 8 heteroatoms. The smallest absolute Gasteiger partial charge is 0.270 e. The van der Waals surface area contributed by atoms with Crippen molar-refractivity contribution in [2.75, 3.05) is 11.9 Å². The number of carbonyl (C=O) groups excluding carboxylic acids is 1. The number of nitro groups is 1. The minimum Gasteiger partial charge on any atom is -0.482 e. The van der Waals surface area contributed by atoms with Crippen LogP contribution in [0.5, 0.6) is 5.75 Å². The van der Waals surface area contributed by atoms with E-state index in [0.717, 1.165) is 0 Å². The van der Waals surface area contributed by atoms with Crippen LogP contribution in [0.4, 0.5) is 11.4 Å². The van der Waals surface area contributed by atoms with Crippen LogP contribution in [0.15, 0.2) is 24.3 Å². The number of non-ortho nitro benzene ring substituents is 1. The highest BCUT2D eigenvalue weighted by Crippen LogP contribution is 2.32. The van der Waals surface area contributed by atoms with Crippen LogP contribution < -0.4 is 10.1 Å². The van der Waals surface area contributed by atoms with E-state index in [1.165, 1.54) is 18.2 Å². The van der Waals surface area contributed by atoms with E-state index in [9.17, 15) is 14.9 Å². The van der Waals surface area contributed by atoms with Crippen molar-refractivity contribution in [3.8, 4) is 5.75 Å². The van der Waals surface area contributed by atoms with Gasteiger partial charge in [0.25, 0.3) is 11.6 Å². The number of anilines is 1. The summed E-state index contributed by atoms with van der Waals surface area (Å²) in [5.74, 6) is -0.0103. The molecule has 2 aromatic carbocycles. The molecular formula is C17H16Cl2N2O4. The molecule has 0 heterocycles. The van der Waals surface area contributed by atoms with Gasteiger partial charge < -0.3 is 10.1 Å². The van der Waals surface area contributed by atoms with E-state index in [-0.39, 0.29) is 12.3 Å². The van der Waals surface area contributed by atoms with Crippen LogP contribution in [0, 0.1) is 30.9 Å². The summed E-state index contributed by atoms with van der Waals surface area (Å²) < 4.78 is 5.49.